The molecule has 1 heterocycles. The van der Waals surface area contributed by atoms with E-state index in [9.17, 15) is 4.79 Å². The molecule has 0 aliphatic rings. The number of rotatable bonds is 9. The van der Waals surface area contributed by atoms with Crippen LogP contribution < -0.4 is 0 Å². The zero-order valence-electron chi connectivity index (χ0n) is 13.0. The summed E-state index contributed by atoms with van der Waals surface area (Å²) < 4.78 is 2.00. The number of ketones is 1. The van der Waals surface area contributed by atoms with Gasteiger partial charge in [0, 0.05) is 12.2 Å². The van der Waals surface area contributed by atoms with Crippen LogP contribution in [0.4, 0.5) is 0 Å². The summed E-state index contributed by atoms with van der Waals surface area (Å²) in [7, 11) is 0. The second kappa shape index (κ2) is 8.13. The summed E-state index contributed by atoms with van der Waals surface area (Å²) in [6.45, 7) is 8.72. The lowest BCUT2D eigenvalue weighted by Crippen LogP contribution is -2.04. The highest BCUT2D eigenvalue weighted by atomic mass is 16.1. The van der Waals surface area contributed by atoms with Crippen LogP contribution in [0.15, 0.2) is 0 Å². The topological polar surface area (TPSA) is 34.9 Å². The van der Waals surface area contributed by atoms with Crippen molar-refractivity contribution in [3.8, 4) is 0 Å². The van der Waals surface area contributed by atoms with Crippen molar-refractivity contribution in [2.75, 3.05) is 0 Å². The lowest BCUT2D eigenvalue weighted by molar-refractivity contribution is 0.101. The zero-order valence-corrected chi connectivity index (χ0v) is 13.0. The second-order valence-corrected chi connectivity index (χ2v) is 5.45. The molecule has 1 aromatic heterocycles. The first kappa shape index (κ1) is 15.9. The third-order valence-corrected chi connectivity index (χ3v) is 3.71. The average Bonchev–Trinajstić information content (AvgIpc) is 2.63. The van der Waals surface area contributed by atoms with E-state index in [1.165, 1.54) is 38.5 Å². The van der Waals surface area contributed by atoms with E-state index < -0.39 is 0 Å². The van der Waals surface area contributed by atoms with E-state index in [2.05, 4.69) is 12.0 Å². The molecular formula is C16H28N2O. The highest BCUT2D eigenvalue weighted by Gasteiger charge is 2.14. The van der Waals surface area contributed by atoms with Gasteiger partial charge in [-0.05, 0) is 27.2 Å². The van der Waals surface area contributed by atoms with Crippen LogP contribution in [0.25, 0.3) is 0 Å². The summed E-state index contributed by atoms with van der Waals surface area (Å²) in [5, 5.41) is 4.47. The molecule has 0 aromatic carbocycles. The first-order valence-corrected chi connectivity index (χ1v) is 7.62. The number of nitrogens with zero attached hydrogens (tertiary/aromatic N) is 2. The number of carbonyl (C=O) groups excluding carboxylic acids is 1. The monoisotopic (exact) mass is 264 g/mol. The highest BCUT2D eigenvalue weighted by molar-refractivity contribution is 5.96. The molecule has 0 aliphatic heterocycles. The van der Waals surface area contributed by atoms with Crippen LogP contribution in [-0.4, -0.2) is 15.6 Å². The van der Waals surface area contributed by atoms with Gasteiger partial charge < -0.3 is 0 Å². The highest BCUT2D eigenvalue weighted by Crippen LogP contribution is 2.15. The van der Waals surface area contributed by atoms with Crippen LogP contribution in [0.2, 0.25) is 0 Å². The maximum absolute atomic E-state index is 11.5. The van der Waals surface area contributed by atoms with Crippen LogP contribution in [0.5, 0.6) is 0 Å². The molecule has 0 aliphatic carbocycles. The Hall–Kier alpha value is -1.12. The molecule has 0 atom stereocenters. The molecule has 0 radical (unpaired) electrons. The Morgan fingerprint density at radius 3 is 2.16 bits per heavy atom. The molecular weight excluding hydrogens is 236 g/mol. The first-order valence-electron chi connectivity index (χ1n) is 7.62. The van der Waals surface area contributed by atoms with Crippen molar-refractivity contribution in [3.63, 3.8) is 0 Å². The van der Waals surface area contributed by atoms with Crippen molar-refractivity contribution in [1.82, 2.24) is 9.78 Å². The second-order valence-electron chi connectivity index (χ2n) is 5.45. The Kier molecular flexibility index (Phi) is 6.82. The molecule has 0 saturated heterocycles. The van der Waals surface area contributed by atoms with E-state index >= 15 is 0 Å². The number of hydrogen-bond acceptors (Lipinski definition) is 2. The van der Waals surface area contributed by atoms with Crippen LogP contribution >= 0.6 is 0 Å². The molecule has 0 fully saturated rings. The van der Waals surface area contributed by atoms with Crippen molar-refractivity contribution in [1.29, 1.82) is 0 Å². The van der Waals surface area contributed by atoms with Gasteiger partial charge in [-0.25, -0.2) is 0 Å². The van der Waals surface area contributed by atoms with E-state index in [0.717, 1.165) is 29.9 Å². The van der Waals surface area contributed by atoms with Crippen LogP contribution in [-0.2, 0) is 6.54 Å². The van der Waals surface area contributed by atoms with Crippen LogP contribution in [0.1, 0.15) is 80.5 Å². The van der Waals surface area contributed by atoms with Crippen molar-refractivity contribution in [2.45, 2.75) is 79.2 Å². The SMILES string of the molecule is CCCCCCCCCn1nc(C)c(C(C)=O)c1C. The molecule has 3 heteroatoms. The summed E-state index contributed by atoms with van der Waals surface area (Å²) in [4.78, 5) is 11.5. The third kappa shape index (κ3) is 4.81. The van der Waals surface area contributed by atoms with Gasteiger partial charge >= 0.3 is 0 Å². The summed E-state index contributed by atoms with van der Waals surface area (Å²) in [6.07, 6.45) is 9.12. The normalized spacial score (nSPS) is 10.9. The van der Waals surface area contributed by atoms with E-state index in [-0.39, 0.29) is 5.78 Å². The van der Waals surface area contributed by atoms with Crippen molar-refractivity contribution in [3.05, 3.63) is 17.0 Å². The minimum absolute atomic E-state index is 0.126. The van der Waals surface area contributed by atoms with Crippen molar-refractivity contribution >= 4 is 5.78 Å². The first-order chi connectivity index (χ1) is 9.07. The predicted octanol–water partition coefficient (Wildman–Crippen LogP) is 4.45. The smallest absolute Gasteiger partial charge is 0.163 e. The lowest BCUT2D eigenvalue weighted by Gasteiger charge is -2.05. The summed E-state index contributed by atoms with van der Waals surface area (Å²) in [5.41, 5.74) is 2.70. The zero-order chi connectivity index (χ0) is 14.3. The molecule has 19 heavy (non-hydrogen) atoms. The molecule has 1 aromatic rings. The molecule has 0 spiro atoms. The van der Waals surface area contributed by atoms with Gasteiger partial charge in [-0.1, -0.05) is 45.4 Å². The fraction of sp³-hybridized carbons (Fsp3) is 0.750. The van der Waals surface area contributed by atoms with E-state index in [4.69, 9.17) is 0 Å². The van der Waals surface area contributed by atoms with Gasteiger partial charge in [-0.2, -0.15) is 5.10 Å². The van der Waals surface area contributed by atoms with Crippen LogP contribution in [0.3, 0.4) is 0 Å². The van der Waals surface area contributed by atoms with Gasteiger partial charge in [0.25, 0.3) is 0 Å². The maximum Gasteiger partial charge on any atom is 0.163 e. The molecule has 0 N–H and O–H groups in total. The standard InChI is InChI=1S/C16H28N2O/c1-5-6-7-8-9-10-11-12-18-14(3)16(15(4)19)13(2)17-18/h5-12H2,1-4H3. The Morgan fingerprint density at radius 1 is 1.05 bits per heavy atom. The Morgan fingerprint density at radius 2 is 1.63 bits per heavy atom. The number of Topliss-reactive ketones (excluding diaryl/α,β-unsaturated/α-hetero) is 1. The molecule has 0 unspecified atom stereocenters. The van der Waals surface area contributed by atoms with Crippen molar-refractivity contribution in [2.24, 2.45) is 0 Å². The van der Waals surface area contributed by atoms with E-state index in [1.807, 2.05) is 18.5 Å². The van der Waals surface area contributed by atoms with Crippen molar-refractivity contribution < 1.29 is 4.79 Å². The number of aromatic nitrogens is 2. The Balaban J connectivity index is 2.34. The fourth-order valence-electron chi connectivity index (χ4n) is 2.64. The molecule has 0 amide bonds. The Labute approximate surface area is 117 Å². The van der Waals surface area contributed by atoms with E-state index in [1.54, 1.807) is 6.92 Å². The lowest BCUT2D eigenvalue weighted by atomic mass is 10.1. The summed E-state index contributed by atoms with van der Waals surface area (Å²) in [5.74, 6) is 0.126. The Bertz CT molecular complexity index is 407. The van der Waals surface area contributed by atoms with Gasteiger partial charge in [-0.15, -0.1) is 0 Å². The minimum atomic E-state index is 0.126. The van der Waals surface area contributed by atoms with Gasteiger partial charge in [0.1, 0.15) is 0 Å². The fourth-order valence-corrected chi connectivity index (χ4v) is 2.64. The number of unbranched alkanes of at least 4 members (excludes halogenated alkanes) is 6. The molecule has 0 saturated carbocycles. The maximum atomic E-state index is 11.5. The number of carbonyl (C=O) groups is 1. The predicted molar refractivity (Wildman–Crippen MR) is 79.7 cm³/mol. The molecule has 3 nitrogen and oxygen atoms in total. The van der Waals surface area contributed by atoms with Gasteiger partial charge in [0.2, 0.25) is 0 Å². The minimum Gasteiger partial charge on any atom is -0.294 e. The third-order valence-electron chi connectivity index (χ3n) is 3.71. The summed E-state index contributed by atoms with van der Waals surface area (Å²) >= 11 is 0. The number of aryl methyl sites for hydroxylation is 2. The average molecular weight is 264 g/mol. The molecule has 1 rings (SSSR count). The molecule has 108 valence electrons. The van der Waals surface area contributed by atoms with Gasteiger partial charge in [0.15, 0.2) is 5.78 Å². The summed E-state index contributed by atoms with van der Waals surface area (Å²) in [6, 6.07) is 0. The van der Waals surface area contributed by atoms with E-state index in [0.29, 0.717) is 0 Å². The molecule has 0 bridgehead atoms. The van der Waals surface area contributed by atoms with Gasteiger partial charge in [-0.3, -0.25) is 9.48 Å². The van der Waals surface area contributed by atoms with Gasteiger partial charge in [0.05, 0.1) is 11.3 Å². The largest absolute Gasteiger partial charge is 0.294 e. The number of hydrogen-bond donors (Lipinski definition) is 0. The van der Waals surface area contributed by atoms with Crippen LogP contribution in [0, 0.1) is 13.8 Å². The quantitative estimate of drug-likeness (QED) is 0.488.